The molecule has 2 aliphatic rings. The Hall–Kier alpha value is -5.56. The summed E-state index contributed by atoms with van der Waals surface area (Å²) in [7, 11) is 0. The zero-order valence-electron chi connectivity index (χ0n) is 22.7. The Labute approximate surface area is 245 Å². The largest absolute Gasteiger partial charge is 0.478 e. The van der Waals surface area contributed by atoms with Crippen molar-refractivity contribution < 1.29 is 29.4 Å². The van der Waals surface area contributed by atoms with E-state index in [1.165, 1.54) is 35.6 Å². The molecule has 2 aliphatic heterocycles. The van der Waals surface area contributed by atoms with Crippen LogP contribution in [0, 0.1) is 0 Å². The first kappa shape index (κ1) is 27.6. The van der Waals surface area contributed by atoms with Gasteiger partial charge in [-0.25, -0.2) is 39.1 Å². The highest BCUT2D eigenvalue weighted by molar-refractivity contribution is 6.30. The van der Waals surface area contributed by atoms with Gasteiger partial charge in [-0.3, -0.25) is 14.7 Å². The van der Waals surface area contributed by atoms with Crippen LogP contribution < -0.4 is 9.80 Å². The molecule has 6 rings (SSSR count). The number of carboxylic acids is 2. The summed E-state index contributed by atoms with van der Waals surface area (Å²) in [5, 5.41) is 18.6. The number of anilines is 2. The summed E-state index contributed by atoms with van der Waals surface area (Å²) in [6.45, 7) is 1.10. The fourth-order valence-corrected chi connectivity index (χ4v) is 5.57. The number of pyridine rings is 2. The van der Waals surface area contributed by atoms with Gasteiger partial charge >= 0.3 is 18.0 Å². The number of hydrogen-bond acceptors (Lipinski definition) is 9. The number of hydrogen-bond donors (Lipinski definition) is 2. The van der Waals surface area contributed by atoms with Crippen molar-refractivity contribution in [1.82, 2.24) is 24.8 Å². The Bertz CT molecular complexity index is 1710. The van der Waals surface area contributed by atoms with E-state index in [1.807, 2.05) is 4.90 Å². The maximum Gasteiger partial charge on any atom is 0.354 e. The minimum atomic E-state index is -1.23. The maximum atomic E-state index is 14.2. The standard InChI is InChI=1S/C30H25N7O6/c38-25(39)22-3-1-12-31-24(22)18-35-15-10-30(11-16-35)27(42)36(29(43)37(30)28-32-13-2-14-33-28)21-7-4-19(5-8-21)20-6-9-23(26(40)41)34-17-20/h1-9,12-14,17H,10-11,15-16,18H2,(H,38,39)(H,40,41). The van der Waals surface area contributed by atoms with Gasteiger partial charge in [-0.2, -0.15) is 0 Å². The molecule has 2 N–H and O–H groups in total. The van der Waals surface area contributed by atoms with E-state index in [1.54, 1.807) is 48.7 Å². The number of nitrogens with zero attached hydrogens (tertiary/aromatic N) is 7. The average Bonchev–Trinajstić information content (AvgIpc) is 3.24. The summed E-state index contributed by atoms with van der Waals surface area (Å²) >= 11 is 0. The summed E-state index contributed by atoms with van der Waals surface area (Å²) in [6.07, 6.45) is 6.58. The predicted octanol–water partition coefficient (Wildman–Crippen LogP) is 3.34. The van der Waals surface area contributed by atoms with E-state index < -0.39 is 29.4 Å². The second kappa shape index (κ2) is 11.0. The number of carbonyl (C=O) groups is 4. The lowest BCUT2D eigenvalue weighted by atomic mass is 9.85. The number of urea groups is 1. The average molecular weight is 580 g/mol. The molecule has 0 saturated carbocycles. The highest BCUT2D eigenvalue weighted by atomic mass is 16.4. The molecule has 216 valence electrons. The molecule has 1 spiro atoms. The zero-order valence-corrected chi connectivity index (χ0v) is 22.7. The number of amides is 3. The number of carboxylic acid groups (broad SMARTS) is 2. The van der Waals surface area contributed by atoms with Crippen LogP contribution in [0.25, 0.3) is 11.1 Å². The van der Waals surface area contributed by atoms with Crippen LogP contribution in [0.15, 0.2) is 79.4 Å². The quantitative estimate of drug-likeness (QED) is 0.308. The molecule has 0 bridgehead atoms. The van der Waals surface area contributed by atoms with Gasteiger partial charge in [-0.1, -0.05) is 18.2 Å². The first-order chi connectivity index (χ1) is 20.8. The molecule has 1 aromatic carbocycles. The smallest absolute Gasteiger partial charge is 0.354 e. The Morgan fingerprint density at radius 1 is 0.791 bits per heavy atom. The third kappa shape index (κ3) is 4.95. The van der Waals surface area contributed by atoms with Gasteiger partial charge in [0.05, 0.1) is 16.9 Å². The van der Waals surface area contributed by atoms with E-state index in [0.717, 1.165) is 10.5 Å². The van der Waals surface area contributed by atoms with Crippen molar-refractivity contribution in [3.8, 4) is 11.1 Å². The van der Waals surface area contributed by atoms with Gasteiger partial charge in [0.2, 0.25) is 5.95 Å². The second-order valence-corrected chi connectivity index (χ2v) is 10.2. The van der Waals surface area contributed by atoms with E-state index in [-0.39, 0.29) is 36.6 Å². The van der Waals surface area contributed by atoms with Gasteiger partial charge in [0.25, 0.3) is 5.91 Å². The van der Waals surface area contributed by atoms with E-state index in [0.29, 0.717) is 30.0 Å². The number of piperidine rings is 1. The van der Waals surface area contributed by atoms with Crippen molar-refractivity contribution in [3.05, 3.63) is 96.3 Å². The van der Waals surface area contributed by atoms with Crippen LogP contribution in [0.5, 0.6) is 0 Å². The zero-order chi connectivity index (χ0) is 30.1. The molecule has 13 heteroatoms. The number of carbonyl (C=O) groups excluding carboxylic acids is 2. The summed E-state index contributed by atoms with van der Waals surface area (Å²) in [4.78, 5) is 72.2. The Balaban J connectivity index is 1.28. The lowest BCUT2D eigenvalue weighted by Gasteiger charge is -2.41. The van der Waals surface area contributed by atoms with Crippen LogP contribution in [0.1, 0.15) is 39.4 Å². The van der Waals surface area contributed by atoms with Crippen LogP contribution in [-0.4, -0.2) is 77.6 Å². The van der Waals surface area contributed by atoms with Gasteiger partial charge in [-0.05, 0) is 54.8 Å². The molecular formula is C30H25N7O6. The topological polar surface area (TPSA) is 170 Å². The monoisotopic (exact) mass is 579 g/mol. The minimum Gasteiger partial charge on any atom is -0.478 e. The van der Waals surface area contributed by atoms with Crippen LogP contribution in [0.2, 0.25) is 0 Å². The van der Waals surface area contributed by atoms with Crippen molar-refractivity contribution >= 4 is 35.5 Å². The van der Waals surface area contributed by atoms with Gasteiger partial charge in [-0.15, -0.1) is 0 Å². The lowest BCUT2D eigenvalue weighted by molar-refractivity contribution is -0.123. The first-order valence-electron chi connectivity index (χ1n) is 13.4. The van der Waals surface area contributed by atoms with E-state index in [4.69, 9.17) is 5.11 Å². The molecule has 43 heavy (non-hydrogen) atoms. The predicted molar refractivity (Wildman–Crippen MR) is 152 cm³/mol. The first-order valence-corrected chi connectivity index (χ1v) is 13.4. The molecular weight excluding hydrogens is 554 g/mol. The third-order valence-electron chi connectivity index (χ3n) is 7.78. The van der Waals surface area contributed by atoms with Gasteiger partial charge in [0.15, 0.2) is 0 Å². The fourth-order valence-electron chi connectivity index (χ4n) is 5.57. The number of benzene rings is 1. The van der Waals surface area contributed by atoms with Gasteiger partial charge in [0, 0.05) is 50.0 Å². The second-order valence-electron chi connectivity index (χ2n) is 10.2. The van der Waals surface area contributed by atoms with Crippen molar-refractivity contribution in [3.63, 3.8) is 0 Å². The molecule has 3 aromatic heterocycles. The number of aromatic nitrogens is 4. The van der Waals surface area contributed by atoms with E-state index >= 15 is 0 Å². The number of aromatic carboxylic acids is 2. The molecule has 2 fully saturated rings. The van der Waals surface area contributed by atoms with Crippen molar-refractivity contribution in [2.24, 2.45) is 0 Å². The van der Waals surface area contributed by atoms with Crippen molar-refractivity contribution in [1.29, 1.82) is 0 Å². The number of likely N-dealkylation sites (tertiary alicyclic amines) is 1. The molecule has 0 radical (unpaired) electrons. The van der Waals surface area contributed by atoms with Gasteiger partial charge < -0.3 is 10.2 Å². The molecule has 5 heterocycles. The summed E-state index contributed by atoms with van der Waals surface area (Å²) in [5.74, 6) is -2.46. The molecule has 0 unspecified atom stereocenters. The normalized spacial score (nSPS) is 16.6. The molecule has 13 nitrogen and oxygen atoms in total. The summed E-state index contributed by atoms with van der Waals surface area (Å²) in [5.41, 5.74) is 1.02. The maximum absolute atomic E-state index is 14.2. The van der Waals surface area contributed by atoms with Crippen molar-refractivity contribution in [2.75, 3.05) is 22.9 Å². The van der Waals surface area contributed by atoms with Crippen LogP contribution >= 0.6 is 0 Å². The Morgan fingerprint density at radius 3 is 2.09 bits per heavy atom. The van der Waals surface area contributed by atoms with Crippen LogP contribution in [0.4, 0.5) is 16.4 Å². The molecule has 0 aliphatic carbocycles. The Morgan fingerprint density at radius 2 is 1.47 bits per heavy atom. The molecule has 0 atom stereocenters. The number of imide groups is 1. The Kier molecular flexibility index (Phi) is 7.08. The molecule has 4 aromatic rings. The van der Waals surface area contributed by atoms with Gasteiger partial charge in [0.1, 0.15) is 11.2 Å². The van der Waals surface area contributed by atoms with E-state index in [9.17, 15) is 24.3 Å². The third-order valence-corrected chi connectivity index (χ3v) is 7.78. The van der Waals surface area contributed by atoms with Crippen LogP contribution in [0.3, 0.4) is 0 Å². The minimum absolute atomic E-state index is 0.0736. The van der Waals surface area contributed by atoms with Crippen molar-refractivity contribution in [2.45, 2.75) is 24.9 Å². The van der Waals surface area contributed by atoms with Crippen LogP contribution in [-0.2, 0) is 11.3 Å². The molecule has 2 saturated heterocycles. The summed E-state index contributed by atoms with van der Waals surface area (Å²) in [6, 6.07) is 14.0. The summed E-state index contributed by atoms with van der Waals surface area (Å²) < 4.78 is 0. The highest BCUT2D eigenvalue weighted by Gasteiger charge is 2.60. The lowest BCUT2D eigenvalue weighted by Crippen LogP contribution is -2.57. The highest BCUT2D eigenvalue weighted by Crippen LogP contribution is 2.41. The number of rotatable bonds is 7. The fraction of sp³-hybridized carbons (Fsp3) is 0.200. The molecule has 3 amide bonds. The SMILES string of the molecule is O=C(O)c1ccc(-c2ccc(N3C(=O)N(c4ncccn4)C4(CCN(Cc5ncccc5C(=O)O)CC4)C3=O)cc2)cn1. The van der Waals surface area contributed by atoms with E-state index in [2.05, 4.69) is 19.9 Å².